The van der Waals surface area contributed by atoms with Crippen LogP contribution in [0.4, 0.5) is 5.69 Å². The lowest BCUT2D eigenvalue weighted by molar-refractivity contribution is 1.21. The number of guanidine groups is 2. The molecule has 9 heteroatoms. The highest BCUT2D eigenvalue weighted by Crippen LogP contribution is 2.16. The minimum Gasteiger partial charge on any atom is -0.370 e. The first-order valence-electron chi connectivity index (χ1n) is 4.40. The Morgan fingerprint density at radius 2 is 1.56 bits per heavy atom. The second-order valence-electron chi connectivity index (χ2n) is 2.86. The second kappa shape index (κ2) is 9.08. The zero-order valence-electron chi connectivity index (χ0n) is 9.35. The number of rotatable bonds is 3. The summed E-state index contributed by atoms with van der Waals surface area (Å²) in [4.78, 5) is 3.93. The van der Waals surface area contributed by atoms with Crippen LogP contribution in [-0.4, -0.2) is 18.1 Å². The van der Waals surface area contributed by atoms with Gasteiger partial charge in [0, 0.05) is 5.56 Å². The number of nitrogens with zero attached hydrogens (tertiary/aromatic N) is 3. The van der Waals surface area contributed by atoms with Crippen LogP contribution in [0.1, 0.15) is 5.56 Å². The van der Waals surface area contributed by atoms with Crippen LogP contribution in [0.2, 0.25) is 0 Å². The van der Waals surface area contributed by atoms with E-state index in [-0.39, 0.29) is 36.7 Å². The van der Waals surface area contributed by atoms with E-state index in [9.17, 15) is 0 Å². The van der Waals surface area contributed by atoms with Crippen LogP contribution in [-0.2, 0) is 0 Å². The van der Waals surface area contributed by atoms with Gasteiger partial charge in [0.05, 0.1) is 11.9 Å². The van der Waals surface area contributed by atoms with Gasteiger partial charge >= 0.3 is 0 Å². The number of nitrogens with two attached hydrogens (primary N) is 4. The van der Waals surface area contributed by atoms with Crippen molar-refractivity contribution in [1.29, 1.82) is 0 Å². The SMILES string of the molecule is Cl.Cl.NC(N)=N/N=C/c1ccccc1N=C(N)N. The van der Waals surface area contributed by atoms with Gasteiger partial charge in [0.15, 0.2) is 5.96 Å². The van der Waals surface area contributed by atoms with Crippen LogP contribution in [0.3, 0.4) is 0 Å². The van der Waals surface area contributed by atoms with Crippen LogP contribution in [0.15, 0.2) is 39.5 Å². The molecule has 0 saturated carbocycles. The maximum atomic E-state index is 5.29. The summed E-state index contributed by atoms with van der Waals surface area (Å²) in [6.07, 6.45) is 1.46. The highest BCUT2D eigenvalue weighted by Gasteiger charge is 1.96. The smallest absolute Gasteiger partial charge is 0.211 e. The zero-order valence-corrected chi connectivity index (χ0v) is 11.0. The topological polar surface area (TPSA) is 141 Å². The van der Waals surface area contributed by atoms with Crippen molar-refractivity contribution in [3.63, 3.8) is 0 Å². The van der Waals surface area contributed by atoms with Crippen molar-refractivity contribution in [2.24, 2.45) is 38.1 Å². The number of benzene rings is 1. The van der Waals surface area contributed by atoms with Crippen molar-refractivity contribution in [2.75, 3.05) is 0 Å². The van der Waals surface area contributed by atoms with Gasteiger partial charge in [0.25, 0.3) is 0 Å². The third-order valence-electron chi connectivity index (χ3n) is 1.56. The van der Waals surface area contributed by atoms with Crippen molar-refractivity contribution in [2.45, 2.75) is 0 Å². The summed E-state index contributed by atoms with van der Waals surface area (Å²) in [6.45, 7) is 0. The van der Waals surface area contributed by atoms with Crippen LogP contribution in [0.25, 0.3) is 0 Å². The van der Waals surface area contributed by atoms with E-state index in [4.69, 9.17) is 22.9 Å². The average Bonchev–Trinajstić information content (AvgIpc) is 2.19. The maximum absolute atomic E-state index is 5.29. The molecule has 1 rings (SSSR count). The van der Waals surface area contributed by atoms with Crippen LogP contribution >= 0.6 is 24.8 Å². The van der Waals surface area contributed by atoms with Crippen molar-refractivity contribution in [1.82, 2.24) is 0 Å². The van der Waals surface area contributed by atoms with Gasteiger partial charge in [-0.1, -0.05) is 18.2 Å². The highest BCUT2D eigenvalue weighted by atomic mass is 35.5. The first-order valence-corrected chi connectivity index (χ1v) is 4.40. The lowest BCUT2D eigenvalue weighted by Gasteiger charge is -1.98. The molecule has 8 N–H and O–H groups in total. The standard InChI is InChI=1S/C9H13N7.2ClH/c10-8(11)15-7-4-2-1-3-6(7)5-14-16-9(12)13;;/h1-5H,(H4,10,11,15)(H4,12,13,16);2*1H/b14-5+;;. The van der Waals surface area contributed by atoms with Gasteiger partial charge in [-0.3, -0.25) is 0 Å². The van der Waals surface area contributed by atoms with E-state index in [0.717, 1.165) is 0 Å². The summed E-state index contributed by atoms with van der Waals surface area (Å²) in [6, 6.07) is 7.16. The van der Waals surface area contributed by atoms with Gasteiger partial charge in [-0.05, 0) is 6.07 Å². The molecule has 0 atom stereocenters. The Kier molecular flexibility index (Phi) is 9.27. The summed E-state index contributed by atoms with van der Waals surface area (Å²) in [5.74, 6) is -0.140. The van der Waals surface area contributed by atoms with E-state index in [1.807, 2.05) is 6.07 Å². The number of hydrogen-bond acceptors (Lipinski definition) is 3. The molecule has 0 heterocycles. The van der Waals surface area contributed by atoms with E-state index in [1.54, 1.807) is 18.2 Å². The van der Waals surface area contributed by atoms with Gasteiger partial charge in [-0.15, -0.1) is 29.9 Å². The molecule has 0 spiro atoms. The molecule has 0 aliphatic carbocycles. The largest absolute Gasteiger partial charge is 0.370 e. The fourth-order valence-corrected chi connectivity index (χ4v) is 0.995. The van der Waals surface area contributed by atoms with Crippen LogP contribution in [0, 0.1) is 0 Å². The summed E-state index contributed by atoms with van der Waals surface area (Å²) >= 11 is 0. The van der Waals surface area contributed by atoms with E-state index in [1.165, 1.54) is 6.21 Å². The lowest BCUT2D eigenvalue weighted by atomic mass is 10.2. The Morgan fingerprint density at radius 1 is 0.944 bits per heavy atom. The molecule has 0 saturated heterocycles. The van der Waals surface area contributed by atoms with Crippen LogP contribution in [0.5, 0.6) is 0 Å². The quantitative estimate of drug-likeness (QED) is 0.354. The molecular weight excluding hydrogens is 277 g/mol. The third-order valence-corrected chi connectivity index (χ3v) is 1.56. The second-order valence-corrected chi connectivity index (χ2v) is 2.86. The number of hydrogen-bond donors (Lipinski definition) is 4. The molecule has 0 unspecified atom stereocenters. The Labute approximate surface area is 117 Å². The van der Waals surface area contributed by atoms with Gasteiger partial charge in [-0.2, -0.15) is 5.10 Å². The van der Waals surface area contributed by atoms with Gasteiger partial charge < -0.3 is 22.9 Å². The minimum absolute atomic E-state index is 0. The molecule has 0 amide bonds. The van der Waals surface area contributed by atoms with E-state index >= 15 is 0 Å². The molecule has 0 radical (unpaired) electrons. The molecule has 0 aliphatic rings. The van der Waals surface area contributed by atoms with Gasteiger partial charge in [0.1, 0.15) is 0 Å². The average molecular weight is 292 g/mol. The monoisotopic (exact) mass is 291 g/mol. The zero-order chi connectivity index (χ0) is 12.0. The predicted octanol–water partition coefficient (Wildman–Crippen LogP) is 0.0424. The summed E-state index contributed by atoms with van der Waals surface area (Å²) in [5.41, 5.74) is 22.1. The molecule has 0 aliphatic heterocycles. The van der Waals surface area contributed by atoms with Crippen molar-refractivity contribution in [3.8, 4) is 0 Å². The molecular formula is C9H15Cl2N7. The number of aliphatic imine (C=N–C) groups is 1. The highest BCUT2D eigenvalue weighted by molar-refractivity contribution is 5.90. The lowest BCUT2D eigenvalue weighted by Crippen LogP contribution is -2.22. The first kappa shape index (κ1) is 18.4. The van der Waals surface area contributed by atoms with E-state index < -0.39 is 0 Å². The third kappa shape index (κ3) is 6.56. The predicted molar refractivity (Wildman–Crippen MR) is 79.8 cm³/mol. The van der Waals surface area contributed by atoms with Crippen molar-refractivity contribution in [3.05, 3.63) is 29.8 Å². The number of para-hydroxylation sites is 1. The molecule has 1 aromatic carbocycles. The van der Waals surface area contributed by atoms with Gasteiger partial charge in [0.2, 0.25) is 5.96 Å². The fraction of sp³-hybridized carbons (Fsp3) is 0. The molecule has 7 nitrogen and oxygen atoms in total. The van der Waals surface area contributed by atoms with Gasteiger partial charge in [-0.25, -0.2) is 4.99 Å². The minimum atomic E-state index is -0.115. The van der Waals surface area contributed by atoms with Crippen LogP contribution < -0.4 is 22.9 Å². The summed E-state index contributed by atoms with van der Waals surface area (Å²) in [7, 11) is 0. The Balaban J connectivity index is 0. The number of halogens is 2. The molecule has 1 aromatic rings. The Morgan fingerprint density at radius 3 is 2.11 bits per heavy atom. The Hall–Kier alpha value is -1.99. The van der Waals surface area contributed by atoms with E-state index in [0.29, 0.717) is 11.3 Å². The van der Waals surface area contributed by atoms with Crippen molar-refractivity contribution >= 4 is 48.6 Å². The van der Waals surface area contributed by atoms with Crippen molar-refractivity contribution < 1.29 is 0 Å². The molecule has 100 valence electrons. The molecule has 0 bridgehead atoms. The Bertz CT molecular complexity index is 448. The first-order chi connectivity index (χ1) is 7.59. The normalized spacial score (nSPS) is 8.89. The van der Waals surface area contributed by atoms with E-state index in [2.05, 4.69) is 15.2 Å². The fourth-order valence-electron chi connectivity index (χ4n) is 0.995. The molecule has 18 heavy (non-hydrogen) atoms. The molecule has 0 aromatic heterocycles. The maximum Gasteiger partial charge on any atom is 0.211 e. The summed E-state index contributed by atoms with van der Waals surface area (Å²) < 4.78 is 0. The summed E-state index contributed by atoms with van der Waals surface area (Å²) in [5, 5.41) is 7.14. The molecule has 0 fully saturated rings.